The molecule has 0 heterocycles. The van der Waals surface area contributed by atoms with Gasteiger partial charge in [0.2, 0.25) is 0 Å². The van der Waals surface area contributed by atoms with E-state index in [9.17, 15) is 4.79 Å². The Labute approximate surface area is 134 Å². The summed E-state index contributed by atoms with van der Waals surface area (Å²) in [4.78, 5) is 11.7. The summed E-state index contributed by atoms with van der Waals surface area (Å²) >= 11 is 6.08. The molecule has 0 N–H and O–H groups in total. The Morgan fingerprint density at radius 1 is 1.00 bits per heavy atom. The van der Waals surface area contributed by atoms with Crippen molar-refractivity contribution in [2.75, 3.05) is 13.2 Å². The molecule has 4 nitrogen and oxygen atoms in total. The number of hydrogen-bond donors (Lipinski definition) is 0. The fraction of sp³-hybridized carbons (Fsp3) is 0.353. The molecule has 0 saturated heterocycles. The highest BCUT2D eigenvalue weighted by Gasteiger charge is 2.18. The maximum absolute atomic E-state index is 11.7. The first-order valence-corrected chi connectivity index (χ1v) is 7.71. The van der Waals surface area contributed by atoms with Crippen LogP contribution in [0.5, 0.6) is 17.2 Å². The van der Waals surface area contributed by atoms with Gasteiger partial charge in [0.25, 0.3) is 0 Å². The second kappa shape index (κ2) is 7.36. The highest BCUT2D eigenvalue weighted by atomic mass is 35.5. The zero-order valence-corrected chi connectivity index (χ0v) is 13.7. The normalized spacial score (nSPS) is 10.5. The number of fused-ring (bicyclic) bond motifs is 1. The Hall–Kier alpha value is -1.94. The molecule has 0 aliphatic rings. The molecule has 2 aromatic rings. The van der Waals surface area contributed by atoms with Crippen molar-refractivity contribution in [1.29, 1.82) is 0 Å². The van der Waals surface area contributed by atoms with Crippen molar-refractivity contribution in [1.82, 2.24) is 0 Å². The molecule has 0 aliphatic heterocycles. The molecule has 2 rings (SSSR count). The Morgan fingerprint density at radius 2 is 1.68 bits per heavy atom. The fourth-order valence-electron chi connectivity index (χ4n) is 2.14. The van der Waals surface area contributed by atoms with Gasteiger partial charge in [-0.15, -0.1) is 0 Å². The predicted molar refractivity (Wildman–Crippen MR) is 87.2 cm³/mol. The van der Waals surface area contributed by atoms with E-state index in [0.717, 1.165) is 10.8 Å². The van der Waals surface area contributed by atoms with E-state index in [0.29, 0.717) is 35.5 Å². The van der Waals surface area contributed by atoms with Crippen LogP contribution in [0.2, 0.25) is 5.02 Å². The van der Waals surface area contributed by atoms with Gasteiger partial charge in [0.15, 0.2) is 11.5 Å². The molecule has 0 radical (unpaired) electrons. The third-order valence-electron chi connectivity index (χ3n) is 3.08. The van der Waals surface area contributed by atoms with Crippen LogP contribution in [-0.2, 0) is 4.79 Å². The van der Waals surface area contributed by atoms with E-state index < -0.39 is 0 Å². The largest absolute Gasteiger partial charge is 0.493 e. The average Bonchev–Trinajstić information content (AvgIpc) is 2.51. The summed E-state index contributed by atoms with van der Waals surface area (Å²) in [6.07, 6.45) is 0.286. The Kier molecular flexibility index (Phi) is 5.50. The van der Waals surface area contributed by atoms with Crippen LogP contribution in [-0.4, -0.2) is 19.2 Å². The lowest BCUT2D eigenvalue weighted by molar-refractivity contribution is -0.134. The number of esters is 1. The molecule has 5 heteroatoms. The summed E-state index contributed by atoms with van der Waals surface area (Å²) in [7, 11) is 0. The van der Waals surface area contributed by atoms with Gasteiger partial charge in [-0.1, -0.05) is 18.5 Å². The maximum atomic E-state index is 11.7. The van der Waals surface area contributed by atoms with Gasteiger partial charge in [0.1, 0.15) is 5.75 Å². The first-order valence-electron chi connectivity index (χ1n) is 7.33. The zero-order valence-electron chi connectivity index (χ0n) is 12.9. The lowest BCUT2D eigenvalue weighted by Gasteiger charge is -2.16. The highest BCUT2D eigenvalue weighted by molar-refractivity contribution is 6.31. The summed E-state index contributed by atoms with van der Waals surface area (Å²) < 4.78 is 16.8. The van der Waals surface area contributed by atoms with Gasteiger partial charge in [-0.05, 0) is 32.0 Å². The van der Waals surface area contributed by atoms with Crippen LogP contribution in [0.3, 0.4) is 0 Å². The smallest absolute Gasteiger partial charge is 0.311 e. The van der Waals surface area contributed by atoms with E-state index in [1.807, 2.05) is 13.8 Å². The van der Waals surface area contributed by atoms with Crippen molar-refractivity contribution in [3.05, 3.63) is 29.3 Å². The van der Waals surface area contributed by atoms with Gasteiger partial charge in [-0.2, -0.15) is 0 Å². The van der Waals surface area contributed by atoms with Crippen molar-refractivity contribution in [2.45, 2.75) is 27.2 Å². The first-order chi connectivity index (χ1) is 10.6. The molecule has 0 amide bonds. The maximum Gasteiger partial charge on any atom is 0.311 e. The molecule has 0 saturated carbocycles. The SMILES string of the molecule is CCOc1cc(OCC)c2cc(Cl)ccc2c1OC(=O)CC. The molecule has 0 bridgehead atoms. The van der Waals surface area contributed by atoms with E-state index in [-0.39, 0.29) is 12.4 Å². The summed E-state index contributed by atoms with van der Waals surface area (Å²) in [6.45, 7) is 6.50. The minimum absolute atomic E-state index is 0.286. The molecule has 2 aromatic carbocycles. The molecule has 0 aromatic heterocycles. The molecule has 118 valence electrons. The van der Waals surface area contributed by atoms with Crippen molar-refractivity contribution in [2.24, 2.45) is 0 Å². The minimum atomic E-state index is -0.318. The minimum Gasteiger partial charge on any atom is -0.493 e. The van der Waals surface area contributed by atoms with Crippen molar-refractivity contribution < 1.29 is 19.0 Å². The van der Waals surface area contributed by atoms with Crippen molar-refractivity contribution >= 4 is 28.3 Å². The van der Waals surface area contributed by atoms with Crippen LogP contribution in [0.1, 0.15) is 27.2 Å². The number of halogens is 1. The Balaban J connectivity index is 2.69. The van der Waals surface area contributed by atoms with E-state index in [1.165, 1.54) is 0 Å². The van der Waals surface area contributed by atoms with Crippen LogP contribution in [0, 0.1) is 0 Å². The van der Waals surface area contributed by atoms with Gasteiger partial charge < -0.3 is 14.2 Å². The lowest BCUT2D eigenvalue weighted by atomic mass is 10.1. The van der Waals surface area contributed by atoms with Crippen molar-refractivity contribution in [3.63, 3.8) is 0 Å². The molecule has 0 unspecified atom stereocenters. The highest BCUT2D eigenvalue weighted by Crippen LogP contribution is 2.42. The number of rotatable bonds is 6. The molecule has 0 fully saturated rings. The van der Waals surface area contributed by atoms with E-state index in [4.69, 9.17) is 25.8 Å². The second-order valence-electron chi connectivity index (χ2n) is 4.59. The van der Waals surface area contributed by atoms with Crippen LogP contribution < -0.4 is 14.2 Å². The summed E-state index contributed by atoms with van der Waals surface area (Å²) in [6, 6.07) is 7.09. The topological polar surface area (TPSA) is 44.8 Å². The molecule has 0 atom stereocenters. The molecule has 0 aliphatic carbocycles. The van der Waals surface area contributed by atoms with Gasteiger partial charge in [-0.25, -0.2) is 0 Å². The lowest BCUT2D eigenvalue weighted by Crippen LogP contribution is -2.08. The number of carbonyl (C=O) groups excluding carboxylic acids is 1. The standard InChI is InChI=1S/C17H19ClO4/c1-4-16(19)22-17-12-8-7-11(18)9-13(12)14(20-5-2)10-15(17)21-6-3/h7-10H,4-6H2,1-3H3. The predicted octanol–water partition coefficient (Wildman–Crippen LogP) is 4.61. The van der Waals surface area contributed by atoms with Crippen LogP contribution >= 0.6 is 11.6 Å². The van der Waals surface area contributed by atoms with E-state index in [2.05, 4.69) is 0 Å². The monoisotopic (exact) mass is 322 g/mol. The summed E-state index contributed by atoms with van der Waals surface area (Å²) in [5, 5.41) is 2.11. The van der Waals surface area contributed by atoms with E-state index >= 15 is 0 Å². The number of benzene rings is 2. The first kappa shape index (κ1) is 16.4. The Morgan fingerprint density at radius 3 is 2.32 bits per heavy atom. The third-order valence-corrected chi connectivity index (χ3v) is 3.32. The molecular formula is C17H19ClO4. The second-order valence-corrected chi connectivity index (χ2v) is 5.02. The van der Waals surface area contributed by atoms with Gasteiger partial charge in [0, 0.05) is 28.3 Å². The Bertz CT molecular complexity index is 682. The van der Waals surface area contributed by atoms with Crippen LogP contribution in [0.25, 0.3) is 10.8 Å². The molecule has 22 heavy (non-hydrogen) atoms. The number of carbonyl (C=O) groups is 1. The van der Waals surface area contributed by atoms with Gasteiger partial charge in [0.05, 0.1) is 13.2 Å². The van der Waals surface area contributed by atoms with E-state index in [1.54, 1.807) is 31.2 Å². The van der Waals surface area contributed by atoms with Crippen molar-refractivity contribution in [3.8, 4) is 17.2 Å². The third kappa shape index (κ3) is 3.45. The molecular weight excluding hydrogens is 304 g/mol. The summed E-state index contributed by atoms with van der Waals surface area (Å²) in [5.41, 5.74) is 0. The zero-order chi connectivity index (χ0) is 16.1. The van der Waals surface area contributed by atoms with Crippen LogP contribution in [0.15, 0.2) is 24.3 Å². The number of ether oxygens (including phenoxy) is 3. The van der Waals surface area contributed by atoms with Crippen LogP contribution in [0.4, 0.5) is 0 Å². The van der Waals surface area contributed by atoms with Gasteiger partial charge in [-0.3, -0.25) is 4.79 Å². The molecule has 0 spiro atoms. The van der Waals surface area contributed by atoms with Gasteiger partial charge >= 0.3 is 5.97 Å². The quantitative estimate of drug-likeness (QED) is 0.575. The number of hydrogen-bond acceptors (Lipinski definition) is 4. The average molecular weight is 323 g/mol. The summed E-state index contributed by atoms with van der Waals surface area (Å²) in [5.74, 6) is 1.23. The fourth-order valence-corrected chi connectivity index (χ4v) is 2.31.